The summed E-state index contributed by atoms with van der Waals surface area (Å²) in [6, 6.07) is 7.22. The molecular formula is C14H17N3O3. The van der Waals surface area contributed by atoms with Gasteiger partial charge in [-0.25, -0.2) is 14.8 Å². The molecule has 0 spiro atoms. The van der Waals surface area contributed by atoms with Crippen molar-refractivity contribution in [3.8, 4) is 0 Å². The highest BCUT2D eigenvalue weighted by Crippen LogP contribution is 2.20. The fourth-order valence-corrected chi connectivity index (χ4v) is 1.87. The van der Waals surface area contributed by atoms with Crippen molar-refractivity contribution in [2.24, 2.45) is 0 Å². The molecule has 6 nitrogen and oxygen atoms in total. The number of hydrogen-bond acceptors (Lipinski definition) is 5. The third kappa shape index (κ3) is 3.21. The number of para-hydroxylation sites is 1. The molecule has 0 radical (unpaired) electrons. The van der Waals surface area contributed by atoms with E-state index in [-0.39, 0.29) is 11.9 Å². The summed E-state index contributed by atoms with van der Waals surface area (Å²) in [5, 5.41) is 22.4. The summed E-state index contributed by atoms with van der Waals surface area (Å²) >= 11 is 0. The lowest BCUT2D eigenvalue weighted by Gasteiger charge is -2.11. The summed E-state index contributed by atoms with van der Waals surface area (Å²) in [5.41, 5.74) is 0.582. The van der Waals surface area contributed by atoms with Gasteiger partial charge in [0, 0.05) is 11.9 Å². The number of aliphatic hydroxyl groups is 1. The molecule has 0 amide bonds. The van der Waals surface area contributed by atoms with E-state index in [0.29, 0.717) is 30.7 Å². The highest BCUT2D eigenvalue weighted by atomic mass is 16.4. The number of carbonyl (C=O) groups is 1. The van der Waals surface area contributed by atoms with Crippen LogP contribution < -0.4 is 5.32 Å². The topological polar surface area (TPSA) is 95.3 Å². The third-order valence-electron chi connectivity index (χ3n) is 3.04. The SMILES string of the molecule is CCC(O)CCNc1nc(C(=O)O)nc2ccccc12. The molecule has 0 saturated heterocycles. The minimum atomic E-state index is -1.16. The van der Waals surface area contributed by atoms with Crippen LogP contribution in [0.3, 0.4) is 0 Å². The monoisotopic (exact) mass is 275 g/mol. The Hall–Kier alpha value is -2.21. The molecular weight excluding hydrogens is 258 g/mol. The van der Waals surface area contributed by atoms with Crippen molar-refractivity contribution < 1.29 is 15.0 Å². The molecule has 0 aliphatic carbocycles. The van der Waals surface area contributed by atoms with E-state index in [4.69, 9.17) is 5.11 Å². The second-order valence-corrected chi connectivity index (χ2v) is 4.50. The van der Waals surface area contributed by atoms with E-state index in [1.807, 2.05) is 19.1 Å². The van der Waals surface area contributed by atoms with Crippen LogP contribution in [0.5, 0.6) is 0 Å². The number of aromatic nitrogens is 2. The second-order valence-electron chi connectivity index (χ2n) is 4.50. The maximum Gasteiger partial charge on any atom is 0.374 e. The van der Waals surface area contributed by atoms with Crippen LogP contribution >= 0.6 is 0 Å². The summed E-state index contributed by atoms with van der Waals surface area (Å²) in [6.45, 7) is 2.43. The number of fused-ring (bicyclic) bond motifs is 1. The molecule has 0 aliphatic rings. The minimum Gasteiger partial charge on any atom is -0.475 e. The fourth-order valence-electron chi connectivity index (χ4n) is 1.87. The maximum absolute atomic E-state index is 11.0. The number of nitrogens with zero attached hydrogens (tertiary/aromatic N) is 2. The quantitative estimate of drug-likeness (QED) is 0.745. The largest absolute Gasteiger partial charge is 0.475 e. The van der Waals surface area contributed by atoms with Gasteiger partial charge < -0.3 is 15.5 Å². The summed E-state index contributed by atoms with van der Waals surface area (Å²) < 4.78 is 0. The van der Waals surface area contributed by atoms with Gasteiger partial charge in [0.1, 0.15) is 5.82 Å². The van der Waals surface area contributed by atoms with Crippen LogP contribution in [0.1, 0.15) is 30.4 Å². The molecule has 0 aliphatic heterocycles. The van der Waals surface area contributed by atoms with Crippen molar-refractivity contribution in [3.63, 3.8) is 0 Å². The Morgan fingerprint density at radius 1 is 1.35 bits per heavy atom. The van der Waals surface area contributed by atoms with Gasteiger partial charge in [-0.1, -0.05) is 19.1 Å². The standard InChI is InChI=1S/C14H17N3O3/c1-2-9(18)7-8-15-12-10-5-3-4-6-11(10)16-13(17-12)14(19)20/h3-6,9,18H,2,7-8H2,1H3,(H,19,20)(H,15,16,17). The minimum absolute atomic E-state index is 0.234. The Morgan fingerprint density at radius 3 is 2.80 bits per heavy atom. The van der Waals surface area contributed by atoms with E-state index in [2.05, 4.69) is 15.3 Å². The van der Waals surface area contributed by atoms with Crippen molar-refractivity contribution in [1.29, 1.82) is 0 Å². The maximum atomic E-state index is 11.0. The first-order chi connectivity index (χ1) is 9.61. The molecule has 1 aromatic heterocycles. The van der Waals surface area contributed by atoms with E-state index in [1.54, 1.807) is 12.1 Å². The van der Waals surface area contributed by atoms with Crippen LogP contribution in [-0.2, 0) is 0 Å². The van der Waals surface area contributed by atoms with E-state index in [0.717, 1.165) is 5.39 Å². The average molecular weight is 275 g/mol. The van der Waals surface area contributed by atoms with Crippen molar-refractivity contribution in [2.45, 2.75) is 25.9 Å². The number of hydrogen-bond donors (Lipinski definition) is 3. The van der Waals surface area contributed by atoms with Gasteiger partial charge in [0.15, 0.2) is 0 Å². The van der Waals surface area contributed by atoms with Gasteiger partial charge in [0.25, 0.3) is 0 Å². The predicted octanol–water partition coefficient (Wildman–Crippen LogP) is 1.90. The Morgan fingerprint density at radius 2 is 2.10 bits per heavy atom. The Labute approximate surface area is 116 Å². The molecule has 3 N–H and O–H groups in total. The van der Waals surface area contributed by atoms with Gasteiger partial charge >= 0.3 is 5.97 Å². The molecule has 1 unspecified atom stereocenters. The number of aromatic carboxylic acids is 1. The van der Waals surface area contributed by atoms with Crippen LogP contribution in [0.2, 0.25) is 0 Å². The number of anilines is 1. The summed E-state index contributed by atoms with van der Waals surface area (Å²) in [7, 11) is 0. The highest BCUT2D eigenvalue weighted by molar-refractivity contribution is 5.93. The molecule has 106 valence electrons. The Kier molecular flexibility index (Phi) is 4.47. The number of nitrogens with one attached hydrogen (secondary N) is 1. The normalized spacial score (nSPS) is 12.3. The molecule has 0 fully saturated rings. The van der Waals surface area contributed by atoms with Crippen molar-refractivity contribution in [1.82, 2.24) is 9.97 Å². The van der Waals surface area contributed by atoms with E-state index in [1.165, 1.54) is 0 Å². The van der Waals surface area contributed by atoms with Gasteiger partial charge in [-0.05, 0) is 25.0 Å². The molecule has 2 rings (SSSR count). The zero-order valence-electron chi connectivity index (χ0n) is 11.2. The summed E-state index contributed by atoms with van der Waals surface area (Å²) in [5.74, 6) is -0.911. The summed E-state index contributed by atoms with van der Waals surface area (Å²) in [4.78, 5) is 19.0. The number of aliphatic hydroxyl groups excluding tert-OH is 1. The van der Waals surface area contributed by atoms with Gasteiger partial charge in [-0.2, -0.15) is 0 Å². The Balaban J connectivity index is 2.28. The molecule has 6 heteroatoms. The van der Waals surface area contributed by atoms with Crippen molar-refractivity contribution in [3.05, 3.63) is 30.1 Å². The number of carboxylic acids is 1. The summed E-state index contributed by atoms with van der Waals surface area (Å²) in [6.07, 6.45) is 0.902. The Bertz CT molecular complexity index is 616. The third-order valence-corrected chi connectivity index (χ3v) is 3.04. The van der Waals surface area contributed by atoms with Crippen LogP contribution in [0.4, 0.5) is 5.82 Å². The first kappa shape index (κ1) is 14.2. The molecule has 2 aromatic rings. The lowest BCUT2D eigenvalue weighted by atomic mass is 10.2. The molecule has 20 heavy (non-hydrogen) atoms. The first-order valence-corrected chi connectivity index (χ1v) is 6.53. The molecule has 1 heterocycles. The van der Waals surface area contributed by atoms with Crippen LogP contribution in [0.15, 0.2) is 24.3 Å². The molecule has 1 atom stereocenters. The van der Waals surface area contributed by atoms with E-state index < -0.39 is 5.97 Å². The average Bonchev–Trinajstić information content (AvgIpc) is 2.46. The zero-order chi connectivity index (χ0) is 14.5. The van der Waals surface area contributed by atoms with Gasteiger partial charge in [0.05, 0.1) is 11.6 Å². The van der Waals surface area contributed by atoms with Crippen molar-refractivity contribution >= 4 is 22.7 Å². The lowest BCUT2D eigenvalue weighted by molar-refractivity contribution is 0.0684. The number of benzene rings is 1. The highest BCUT2D eigenvalue weighted by Gasteiger charge is 2.12. The van der Waals surface area contributed by atoms with Gasteiger partial charge in [0.2, 0.25) is 5.82 Å². The van der Waals surface area contributed by atoms with Gasteiger partial charge in [-0.3, -0.25) is 0 Å². The first-order valence-electron chi connectivity index (χ1n) is 6.53. The van der Waals surface area contributed by atoms with Crippen LogP contribution in [0.25, 0.3) is 10.9 Å². The molecule has 1 aromatic carbocycles. The van der Waals surface area contributed by atoms with Crippen LogP contribution in [-0.4, -0.2) is 38.8 Å². The number of rotatable bonds is 6. The van der Waals surface area contributed by atoms with Crippen LogP contribution in [0, 0.1) is 0 Å². The van der Waals surface area contributed by atoms with Crippen molar-refractivity contribution in [2.75, 3.05) is 11.9 Å². The molecule has 0 saturated carbocycles. The molecule has 0 bridgehead atoms. The van der Waals surface area contributed by atoms with E-state index in [9.17, 15) is 9.90 Å². The van der Waals surface area contributed by atoms with Gasteiger partial charge in [-0.15, -0.1) is 0 Å². The number of carboxylic acid groups (broad SMARTS) is 1. The zero-order valence-corrected chi connectivity index (χ0v) is 11.2. The second kappa shape index (κ2) is 6.29. The fraction of sp³-hybridized carbons (Fsp3) is 0.357. The lowest BCUT2D eigenvalue weighted by Crippen LogP contribution is -2.14. The van der Waals surface area contributed by atoms with E-state index >= 15 is 0 Å². The smallest absolute Gasteiger partial charge is 0.374 e. The predicted molar refractivity (Wildman–Crippen MR) is 75.9 cm³/mol.